The lowest BCUT2D eigenvalue weighted by molar-refractivity contribution is 0.246. The molecule has 4 nitrogen and oxygen atoms in total. The van der Waals surface area contributed by atoms with Crippen LogP contribution >= 0.6 is 0 Å². The summed E-state index contributed by atoms with van der Waals surface area (Å²) in [4.78, 5) is 10.3. The van der Waals surface area contributed by atoms with Crippen LogP contribution in [0.15, 0.2) is 0 Å². The maximum Gasteiger partial charge on any atom is 0.313 e. The highest BCUT2D eigenvalue weighted by Crippen LogP contribution is 2.32. The number of nitriles is 1. The van der Waals surface area contributed by atoms with Crippen molar-refractivity contribution < 1.29 is 4.79 Å². The molecule has 1 aliphatic rings. The predicted octanol–water partition coefficient (Wildman–Crippen LogP) is -0.0431. The molecule has 0 heterocycles. The van der Waals surface area contributed by atoms with E-state index in [9.17, 15) is 4.79 Å². The maximum absolute atomic E-state index is 10.3. The average molecular weight is 139 g/mol. The van der Waals surface area contributed by atoms with Crippen LogP contribution in [0, 0.1) is 17.2 Å². The highest BCUT2D eigenvalue weighted by Gasteiger charge is 2.31. The van der Waals surface area contributed by atoms with Gasteiger partial charge in [-0.15, -0.1) is 0 Å². The topological polar surface area (TPSA) is 78.9 Å². The van der Waals surface area contributed by atoms with Gasteiger partial charge in [-0.3, -0.25) is 0 Å². The van der Waals surface area contributed by atoms with E-state index >= 15 is 0 Å². The fraction of sp³-hybridized carbons (Fsp3) is 0.667. The molecule has 0 aromatic rings. The first kappa shape index (κ1) is 6.87. The summed E-state index contributed by atoms with van der Waals surface area (Å²) < 4.78 is 0. The van der Waals surface area contributed by atoms with Gasteiger partial charge in [-0.1, -0.05) is 0 Å². The molecule has 1 aliphatic carbocycles. The first-order valence-corrected chi connectivity index (χ1v) is 3.19. The van der Waals surface area contributed by atoms with E-state index in [0.29, 0.717) is 5.92 Å². The summed E-state index contributed by atoms with van der Waals surface area (Å²) in [5.41, 5.74) is 4.83. The van der Waals surface area contributed by atoms with Crippen LogP contribution in [-0.4, -0.2) is 12.1 Å². The molecular formula is C6H9N3O. The summed E-state index contributed by atoms with van der Waals surface area (Å²) in [6.07, 6.45) is 2.05. The zero-order valence-electron chi connectivity index (χ0n) is 5.50. The molecule has 1 saturated carbocycles. The van der Waals surface area contributed by atoms with E-state index < -0.39 is 6.03 Å². The smallest absolute Gasteiger partial charge is 0.313 e. The second-order valence-electron chi connectivity index (χ2n) is 2.45. The molecule has 0 saturated heterocycles. The minimum atomic E-state index is -0.613. The van der Waals surface area contributed by atoms with Gasteiger partial charge in [0.1, 0.15) is 6.04 Å². The summed E-state index contributed by atoms with van der Waals surface area (Å²) in [5.74, 6) is 0.345. The number of urea groups is 1. The number of amides is 2. The van der Waals surface area contributed by atoms with E-state index in [1.54, 1.807) is 0 Å². The Bertz CT molecular complexity index is 180. The molecule has 0 aliphatic heterocycles. The summed E-state index contributed by atoms with van der Waals surface area (Å²) in [7, 11) is 0. The zero-order valence-corrected chi connectivity index (χ0v) is 5.50. The van der Waals surface area contributed by atoms with E-state index in [-0.39, 0.29) is 6.04 Å². The number of nitrogens with zero attached hydrogens (tertiary/aromatic N) is 1. The van der Waals surface area contributed by atoms with Crippen molar-refractivity contribution in [3.05, 3.63) is 0 Å². The predicted molar refractivity (Wildman–Crippen MR) is 34.8 cm³/mol. The minimum Gasteiger partial charge on any atom is -0.352 e. The molecule has 4 heteroatoms. The first-order valence-electron chi connectivity index (χ1n) is 3.19. The third-order valence-corrected chi connectivity index (χ3v) is 1.53. The number of nitrogens with two attached hydrogens (primary N) is 1. The largest absolute Gasteiger partial charge is 0.352 e. The molecule has 1 rings (SSSR count). The molecule has 0 spiro atoms. The molecule has 10 heavy (non-hydrogen) atoms. The van der Waals surface area contributed by atoms with Gasteiger partial charge in [0.2, 0.25) is 0 Å². The van der Waals surface area contributed by atoms with Crippen molar-refractivity contribution in [2.24, 2.45) is 11.7 Å². The Morgan fingerprint density at radius 2 is 2.40 bits per heavy atom. The summed E-state index contributed by atoms with van der Waals surface area (Å²) in [6, 6.07) is 1.01. The highest BCUT2D eigenvalue weighted by atomic mass is 16.2. The van der Waals surface area contributed by atoms with Gasteiger partial charge in [-0.2, -0.15) is 5.26 Å². The number of rotatable bonds is 2. The molecule has 1 unspecified atom stereocenters. The average Bonchev–Trinajstić information content (AvgIpc) is 2.63. The molecular weight excluding hydrogens is 130 g/mol. The van der Waals surface area contributed by atoms with Crippen molar-refractivity contribution in [3.8, 4) is 6.07 Å². The molecule has 1 atom stereocenters. The summed E-state index contributed by atoms with van der Waals surface area (Å²) >= 11 is 0. The Kier molecular flexibility index (Phi) is 1.76. The Balaban J connectivity index is 2.34. The van der Waals surface area contributed by atoms with Gasteiger partial charge in [0.05, 0.1) is 6.07 Å². The van der Waals surface area contributed by atoms with Gasteiger partial charge in [0.15, 0.2) is 0 Å². The van der Waals surface area contributed by atoms with Crippen LogP contribution in [0.3, 0.4) is 0 Å². The van der Waals surface area contributed by atoms with Crippen LogP contribution in [0.1, 0.15) is 12.8 Å². The Hall–Kier alpha value is -1.24. The van der Waals surface area contributed by atoms with E-state index in [2.05, 4.69) is 5.32 Å². The van der Waals surface area contributed by atoms with Crippen molar-refractivity contribution in [1.82, 2.24) is 5.32 Å². The minimum absolute atomic E-state index is 0.345. The fourth-order valence-electron chi connectivity index (χ4n) is 0.838. The lowest BCUT2D eigenvalue weighted by Gasteiger charge is -2.05. The van der Waals surface area contributed by atoms with E-state index in [4.69, 9.17) is 11.0 Å². The van der Waals surface area contributed by atoms with E-state index in [1.807, 2.05) is 6.07 Å². The third-order valence-electron chi connectivity index (χ3n) is 1.53. The number of primary amides is 1. The van der Waals surface area contributed by atoms with E-state index in [1.165, 1.54) is 0 Å². The zero-order chi connectivity index (χ0) is 7.56. The van der Waals surface area contributed by atoms with Gasteiger partial charge in [0.25, 0.3) is 0 Å². The molecule has 0 bridgehead atoms. The maximum atomic E-state index is 10.3. The lowest BCUT2D eigenvalue weighted by Crippen LogP contribution is -2.38. The standard InChI is InChI=1S/C6H9N3O/c7-3-5(4-1-2-4)9-6(8)10/h4-5H,1-2H2,(H3,8,9,10). The van der Waals surface area contributed by atoms with Crippen LogP contribution in [0.25, 0.3) is 0 Å². The molecule has 0 aromatic carbocycles. The van der Waals surface area contributed by atoms with Gasteiger partial charge in [-0.05, 0) is 18.8 Å². The molecule has 3 N–H and O–H groups in total. The lowest BCUT2D eigenvalue weighted by atomic mass is 10.2. The Morgan fingerprint density at radius 3 is 2.70 bits per heavy atom. The van der Waals surface area contributed by atoms with Crippen molar-refractivity contribution in [2.75, 3.05) is 0 Å². The number of nitrogens with one attached hydrogen (secondary N) is 1. The molecule has 0 radical (unpaired) electrons. The SMILES string of the molecule is N#CC(NC(N)=O)C1CC1. The number of carbonyl (C=O) groups excluding carboxylic acids is 1. The highest BCUT2D eigenvalue weighted by molar-refractivity contribution is 5.72. The van der Waals surface area contributed by atoms with Crippen molar-refractivity contribution in [3.63, 3.8) is 0 Å². The number of hydrogen-bond donors (Lipinski definition) is 2. The van der Waals surface area contributed by atoms with Gasteiger partial charge in [0, 0.05) is 0 Å². The van der Waals surface area contributed by atoms with Crippen molar-refractivity contribution in [1.29, 1.82) is 5.26 Å². The number of hydrogen-bond acceptors (Lipinski definition) is 2. The van der Waals surface area contributed by atoms with Crippen LogP contribution in [-0.2, 0) is 0 Å². The fourth-order valence-corrected chi connectivity index (χ4v) is 0.838. The third kappa shape index (κ3) is 1.62. The van der Waals surface area contributed by atoms with Crippen LogP contribution in [0.5, 0.6) is 0 Å². The van der Waals surface area contributed by atoms with Gasteiger partial charge in [-0.25, -0.2) is 4.79 Å². The summed E-state index contributed by atoms with van der Waals surface area (Å²) in [5, 5.41) is 10.8. The molecule has 54 valence electrons. The molecule has 2 amide bonds. The normalized spacial score (nSPS) is 19.1. The first-order chi connectivity index (χ1) is 4.74. The molecule has 1 fully saturated rings. The molecule has 0 aromatic heterocycles. The van der Waals surface area contributed by atoms with Gasteiger partial charge < -0.3 is 11.1 Å². The monoisotopic (exact) mass is 139 g/mol. The van der Waals surface area contributed by atoms with Gasteiger partial charge >= 0.3 is 6.03 Å². The van der Waals surface area contributed by atoms with Crippen LogP contribution in [0.4, 0.5) is 4.79 Å². The Labute approximate surface area is 59.0 Å². The quantitative estimate of drug-likeness (QED) is 0.562. The van der Waals surface area contributed by atoms with Crippen molar-refractivity contribution in [2.45, 2.75) is 18.9 Å². The second kappa shape index (κ2) is 2.56. The van der Waals surface area contributed by atoms with Crippen molar-refractivity contribution >= 4 is 6.03 Å². The number of carbonyl (C=O) groups is 1. The Morgan fingerprint density at radius 1 is 1.80 bits per heavy atom. The van der Waals surface area contributed by atoms with E-state index in [0.717, 1.165) is 12.8 Å². The van der Waals surface area contributed by atoms with Crippen LogP contribution < -0.4 is 11.1 Å². The summed E-state index contributed by atoms with van der Waals surface area (Å²) in [6.45, 7) is 0. The second-order valence-corrected chi connectivity index (χ2v) is 2.45. The van der Waals surface area contributed by atoms with Crippen LogP contribution in [0.2, 0.25) is 0 Å².